The summed E-state index contributed by atoms with van der Waals surface area (Å²) in [5.41, 5.74) is 6.73. The van der Waals surface area contributed by atoms with Crippen LogP contribution in [0.2, 0.25) is 0 Å². The van der Waals surface area contributed by atoms with Gasteiger partial charge in [0.1, 0.15) is 0 Å². The molecule has 0 saturated heterocycles. The monoisotopic (exact) mass is 722 g/mol. The van der Waals surface area contributed by atoms with E-state index in [9.17, 15) is 0 Å². The molecule has 2 aromatic rings. The minimum atomic E-state index is -2.03. The molecule has 0 heterocycles. The van der Waals surface area contributed by atoms with Crippen LogP contribution in [0.1, 0.15) is 17.0 Å². The number of hydrogen-bond acceptors (Lipinski definition) is 0. The maximum absolute atomic E-state index is 4.04. The quantitative estimate of drug-likeness (QED) is 0.429. The second-order valence-electron chi connectivity index (χ2n) is 4.09. The van der Waals surface area contributed by atoms with Crippen molar-refractivity contribution in [2.24, 2.45) is 0 Å². The molecule has 3 N–H and O–H groups in total. The fourth-order valence-corrected chi connectivity index (χ4v) is 1.90. The van der Waals surface area contributed by atoms with Gasteiger partial charge in [0.05, 0.1) is 12.5 Å². The Balaban J connectivity index is 0.000000347. The summed E-state index contributed by atoms with van der Waals surface area (Å²) in [7, 11) is 0. The first kappa shape index (κ1) is 19.3. The SMILES string of the molecule is [Br][Pb]([Br])([Br])[Br].[NH3+]CC(c1ccccc1)c1ccccc1. The van der Waals surface area contributed by atoms with E-state index in [2.05, 4.69) is 114 Å². The van der Waals surface area contributed by atoms with E-state index in [1.807, 2.05) is 0 Å². The third-order valence-electron chi connectivity index (χ3n) is 2.69. The van der Waals surface area contributed by atoms with E-state index < -0.39 is 11.5 Å². The molecule has 0 amide bonds. The fourth-order valence-electron chi connectivity index (χ4n) is 1.90. The van der Waals surface area contributed by atoms with Crippen LogP contribution in [-0.2, 0) is 0 Å². The molecule has 2 rings (SSSR count). The Kier molecular flexibility index (Phi) is 9.74. The van der Waals surface area contributed by atoms with Gasteiger partial charge in [-0.05, 0) is 11.1 Å². The smallest absolute Gasteiger partial charge is 0.0850 e. The second kappa shape index (κ2) is 10.1. The minimum absolute atomic E-state index is 0.424. The predicted octanol–water partition coefficient (Wildman–Crippen LogP) is 5.06. The Hall–Kier alpha value is 1.24. The molecule has 0 spiro atoms. The molecule has 0 atom stereocenters. The molecule has 0 fully saturated rings. The van der Waals surface area contributed by atoms with Gasteiger partial charge in [0.25, 0.3) is 0 Å². The topological polar surface area (TPSA) is 27.6 Å². The van der Waals surface area contributed by atoms with Gasteiger partial charge in [0, 0.05) is 0 Å². The maximum atomic E-state index is 4.04. The molecule has 0 unspecified atom stereocenters. The van der Waals surface area contributed by atoms with Gasteiger partial charge in [-0.25, -0.2) is 0 Å². The van der Waals surface area contributed by atoms with Crippen LogP contribution in [0.15, 0.2) is 60.7 Å². The van der Waals surface area contributed by atoms with Gasteiger partial charge in [-0.15, -0.1) is 0 Å². The van der Waals surface area contributed by atoms with Gasteiger partial charge in [-0.3, -0.25) is 0 Å². The zero-order chi connectivity index (χ0) is 15.0. The predicted molar refractivity (Wildman–Crippen MR) is 104 cm³/mol. The molecule has 108 valence electrons. The van der Waals surface area contributed by atoms with Gasteiger partial charge in [0.2, 0.25) is 0 Å². The van der Waals surface area contributed by atoms with E-state index in [0.717, 1.165) is 6.54 Å². The molecular weight excluding hydrogens is 709 g/mol. The van der Waals surface area contributed by atoms with Crippen molar-refractivity contribution >= 4 is 59.5 Å². The largest absolute Gasteiger partial charge is 0.357 e. The molecule has 0 aliphatic heterocycles. The van der Waals surface area contributed by atoms with Crippen LogP contribution in [0, 0.1) is 0 Å². The molecule has 0 aliphatic rings. The third-order valence-corrected chi connectivity index (χ3v) is 2.69. The Morgan fingerprint density at radius 2 is 1.05 bits per heavy atom. The van der Waals surface area contributed by atoms with Crippen LogP contribution in [0.3, 0.4) is 0 Å². The number of halogens is 4. The van der Waals surface area contributed by atoms with E-state index in [-0.39, 0.29) is 0 Å². The van der Waals surface area contributed by atoms with Crippen molar-refractivity contribution in [3.05, 3.63) is 71.8 Å². The maximum Gasteiger partial charge on any atom is 0.0850 e. The summed E-state index contributed by atoms with van der Waals surface area (Å²) in [4.78, 5) is 0. The van der Waals surface area contributed by atoms with Crippen molar-refractivity contribution in [3.63, 3.8) is 0 Å². The summed E-state index contributed by atoms with van der Waals surface area (Å²) in [5.74, 6) is 0.424. The van der Waals surface area contributed by atoms with Crippen molar-refractivity contribution in [2.45, 2.75) is 5.92 Å². The molecule has 0 aromatic heterocycles. The van der Waals surface area contributed by atoms with E-state index in [1.165, 1.54) is 11.1 Å². The van der Waals surface area contributed by atoms with Crippen LogP contribution >= 0.6 is 47.9 Å². The van der Waals surface area contributed by atoms with Crippen LogP contribution in [0.25, 0.3) is 0 Å². The zero-order valence-electron chi connectivity index (χ0n) is 10.8. The summed E-state index contributed by atoms with van der Waals surface area (Å²) in [6.07, 6.45) is 0. The minimum Gasteiger partial charge on any atom is -0.357 e. The summed E-state index contributed by atoms with van der Waals surface area (Å²) in [5, 5.41) is 0. The summed E-state index contributed by atoms with van der Waals surface area (Å²) >= 11 is 11.4. The molecule has 0 saturated carbocycles. The first-order valence-corrected chi connectivity index (χ1v) is 39.8. The van der Waals surface area contributed by atoms with Crippen molar-refractivity contribution in [2.75, 3.05) is 6.54 Å². The van der Waals surface area contributed by atoms with Crippen molar-refractivity contribution in [3.8, 4) is 0 Å². The van der Waals surface area contributed by atoms with Gasteiger partial charge in [0.15, 0.2) is 0 Å². The van der Waals surface area contributed by atoms with Crippen LogP contribution in [-0.4, -0.2) is 18.1 Å². The zero-order valence-corrected chi connectivity index (χ0v) is 21.0. The van der Waals surface area contributed by atoms with Gasteiger partial charge in [-0.1, -0.05) is 60.7 Å². The summed E-state index contributed by atoms with van der Waals surface area (Å²) in [6.45, 7) is 0.897. The van der Waals surface area contributed by atoms with Crippen molar-refractivity contribution < 1.29 is 5.73 Å². The molecule has 1 nitrogen and oxygen atoms in total. The summed E-state index contributed by atoms with van der Waals surface area (Å²) < 4.78 is 0. The van der Waals surface area contributed by atoms with Gasteiger partial charge in [-0.2, -0.15) is 0 Å². The molecule has 2 aromatic carbocycles. The van der Waals surface area contributed by atoms with E-state index >= 15 is 0 Å². The third kappa shape index (κ3) is 8.63. The number of hydrogen-bond donors (Lipinski definition) is 1. The number of quaternary nitrogens is 1. The molecule has 0 radical (unpaired) electrons. The second-order valence-corrected chi connectivity index (χ2v) is 105. The molecule has 6 heteroatoms. The van der Waals surface area contributed by atoms with Crippen LogP contribution in [0.5, 0.6) is 0 Å². The molecule has 20 heavy (non-hydrogen) atoms. The normalized spacial score (nSPS) is 10.9. The molecular formula is C14H16Br4NPb+. The average Bonchev–Trinajstić information content (AvgIpc) is 2.40. The van der Waals surface area contributed by atoms with Crippen LogP contribution < -0.4 is 5.73 Å². The Labute approximate surface area is 147 Å². The van der Waals surface area contributed by atoms with E-state index in [4.69, 9.17) is 0 Å². The van der Waals surface area contributed by atoms with Crippen molar-refractivity contribution in [1.29, 1.82) is 0 Å². The molecule has 0 bridgehead atoms. The summed E-state index contributed by atoms with van der Waals surface area (Å²) in [6, 6.07) is 21.1. The first-order valence-electron chi connectivity index (χ1n) is 6.06. The van der Waals surface area contributed by atoms with E-state index in [0.29, 0.717) is 5.92 Å². The Bertz CT molecular complexity index is 442. The Morgan fingerprint density at radius 1 is 0.750 bits per heavy atom. The average molecular weight is 725 g/mol. The van der Waals surface area contributed by atoms with Crippen LogP contribution in [0.4, 0.5) is 0 Å². The number of benzene rings is 2. The van der Waals surface area contributed by atoms with Gasteiger partial charge >= 0.3 is 59.5 Å². The van der Waals surface area contributed by atoms with Crippen molar-refractivity contribution in [1.82, 2.24) is 0 Å². The van der Waals surface area contributed by atoms with E-state index in [1.54, 1.807) is 0 Å². The standard InChI is InChI=1S/C14H15N.4BrH.Pb/c15-11-14(12-7-3-1-4-8-12)13-9-5-2-6-10-13;;;;;/h1-10,14H,11,15H2;4*1H;/q;;;;;+4/p-3. The first-order chi connectivity index (χ1) is 9.42. The molecule has 0 aliphatic carbocycles. The number of rotatable bonds is 3. The fraction of sp³-hybridized carbons (Fsp3) is 0.143. The Morgan fingerprint density at radius 3 is 1.30 bits per heavy atom. The van der Waals surface area contributed by atoms with Gasteiger partial charge < -0.3 is 5.73 Å².